The number of carbonyl (C=O) groups excluding carboxylic acids is 3. The van der Waals surface area contributed by atoms with E-state index in [4.69, 9.17) is 21.1 Å². The SMILES string of the molecule is Cc1cc(Cl)c2c(c1)C1(NC(Cc3c[nH]c4ccccc34)[C@H]3C(=O)N(c4ccc5c(c4)OCO5)C(=O)[C@H]31)C(=O)N2. The van der Waals surface area contributed by atoms with Crippen LogP contribution in [0.15, 0.2) is 60.8 Å². The lowest BCUT2D eigenvalue weighted by Gasteiger charge is -2.30. The number of benzene rings is 3. The molecule has 0 saturated carbocycles. The molecule has 3 aromatic carbocycles. The Kier molecular flexibility index (Phi) is 4.76. The van der Waals surface area contributed by atoms with Crippen molar-refractivity contribution in [3.05, 3.63) is 82.5 Å². The van der Waals surface area contributed by atoms with Crippen LogP contribution >= 0.6 is 11.6 Å². The highest BCUT2D eigenvalue weighted by Crippen LogP contribution is 2.55. The second-order valence-electron chi connectivity index (χ2n) is 10.8. The Morgan fingerprint density at radius 3 is 2.73 bits per heavy atom. The van der Waals surface area contributed by atoms with Crippen molar-refractivity contribution < 1.29 is 23.9 Å². The van der Waals surface area contributed by atoms with Crippen molar-refractivity contribution in [3.63, 3.8) is 0 Å². The van der Waals surface area contributed by atoms with Crippen LogP contribution in [0.4, 0.5) is 11.4 Å². The first-order valence-electron chi connectivity index (χ1n) is 13.1. The highest BCUT2D eigenvalue weighted by atomic mass is 35.5. The third kappa shape index (κ3) is 2.99. The number of imide groups is 1. The molecule has 8 rings (SSSR count). The molecule has 2 unspecified atom stereocenters. The summed E-state index contributed by atoms with van der Waals surface area (Å²) >= 11 is 6.57. The number of hydrogen-bond acceptors (Lipinski definition) is 6. The minimum atomic E-state index is -1.45. The Morgan fingerprint density at radius 1 is 1.02 bits per heavy atom. The summed E-state index contributed by atoms with van der Waals surface area (Å²) < 4.78 is 10.9. The lowest BCUT2D eigenvalue weighted by atomic mass is 9.76. The number of nitrogens with zero attached hydrogens (tertiary/aromatic N) is 1. The number of amides is 3. The predicted molar refractivity (Wildman–Crippen MR) is 147 cm³/mol. The molecule has 1 spiro atoms. The van der Waals surface area contributed by atoms with E-state index < -0.39 is 29.3 Å². The van der Waals surface area contributed by atoms with Crippen LogP contribution in [-0.2, 0) is 26.3 Å². The summed E-state index contributed by atoms with van der Waals surface area (Å²) in [6.45, 7) is 1.96. The molecule has 200 valence electrons. The maximum absolute atomic E-state index is 14.3. The fourth-order valence-electron chi connectivity index (χ4n) is 6.98. The van der Waals surface area contributed by atoms with E-state index in [2.05, 4.69) is 15.6 Å². The fourth-order valence-corrected chi connectivity index (χ4v) is 7.31. The number of aromatic amines is 1. The monoisotopic (exact) mass is 554 g/mol. The first kappa shape index (κ1) is 23.5. The van der Waals surface area contributed by atoms with Crippen molar-refractivity contribution in [2.24, 2.45) is 11.8 Å². The van der Waals surface area contributed by atoms with E-state index in [9.17, 15) is 14.4 Å². The molecule has 4 atom stereocenters. The van der Waals surface area contributed by atoms with Crippen LogP contribution in [0.3, 0.4) is 0 Å². The molecule has 1 aromatic heterocycles. The summed E-state index contributed by atoms with van der Waals surface area (Å²) in [4.78, 5) is 46.9. The van der Waals surface area contributed by atoms with Gasteiger partial charge in [0.2, 0.25) is 24.5 Å². The summed E-state index contributed by atoms with van der Waals surface area (Å²) in [5.41, 5.74) is 2.81. The van der Waals surface area contributed by atoms with Crippen molar-refractivity contribution >= 4 is 51.6 Å². The molecule has 2 fully saturated rings. The van der Waals surface area contributed by atoms with Gasteiger partial charge in [-0.2, -0.15) is 0 Å². The van der Waals surface area contributed by atoms with Gasteiger partial charge in [-0.15, -0.1) is 0 Å². The number of rotatable bonds is 3. The number of para-hydroxylation sites is 1. The summed E-state index contributed by atoms with van der Waals surface area (Å²) in [6, 6.07) is 16.1. The van der Waals surface area contributed by atoms with Gasteiger partial charge in [-0.05, 0) is 48.7 Å². The molecule has 3 N–H and O–H groups in total. The average molecular weight is 555 g/mol. The summed E-state index contributed by atoms with van der Waals surface area (Å²) in [5.74, 6) is -1.94. The van der Waals surface area contributed by atoms with Gasteiger partial charge in [0.25, 0.3) is 0 Å². The second-order valence-corrected chi connectivity index (χ2v) is 11.2. The number of aromatic nitrogens is 1. The van der Waals surface area contributed by atoms with E-state index in [0.29, 0.717) is 39.9 Å². The lowest BCUT2D eigenvalue weighted by molar-refractivity contribution is -0.130. The van der Waals surface area contributed by atoms with Gasteiger partial charge in [-0.25, -0.2) is 4.90 Å². The van der Waals surface area contributed by atoms with Crippen LogP contribution in [0.25, 0.3) is 10.9 Å². The molecule has 0 bridgehead atoms. The third-order valence-corrected chi connectivity index (χ3v) is 8.95. The standard InChI is InChI=1S/C30H23ClN4O5/c1-14-8-18-26(19(31)9-14)33-29(38)30(18)25-24(21(34-30)10-15-12-32-20-5-3-2-4-17(15)20)27(36)35(28(25)37)16-6-7-22-23(11-16)40-13-39-22/h2-9,11-12,21,24-25,32,34H,10,13H2,1H3,(H,33,38)/t21?,24-,25+,30?/m1/s1. The molecule has 40 heavy (non-hydrogen) atoms. The molecule has 10 heteroatoms. The molecule has 2 saturated heterocycles. The van der Waals surface area contributed by atoms with Gasteiger partial charge < -0.3 is 19.8 Å². The summed E-state index contributed by atoms with van der Waals surface area (Å²) in [6.07, 6.45) is 2.36. The third-order valence-electron chi connectivity index (χ3n) is 8.65. The van der Waals surface area contributed by atoms with Crippen LogP contribution in [-0.4, -0.2) is 35.5 Å². The molecule has 0 aliphatic carbocycles. The van der Waals surface area contributed by atoms with E-state index in [0.717, 1.165) is 22.0 Å². The highest BCUT2D eigenvalue weighted by molar-refractivity contribution is 6.35. The van der Waals surface area contributed by atoms with Crippen LogP contribution < -0.4 is 25.0 Å². The van der Waals surface area contributed by atoms with E-state index in [1.165, 1.54) is 4.90 Å². The number of aryl methyl sites for hydroxylation is 1. The number of nitrogens with one attached hydrogen (secondary N) is 3. The van der Waals surface area contributed by atoms with Gasteiger partial charge in [0.15, 0.2) is 11.5 Å². The predicted octanol–water partition coefficient (Wildman–Crippen LogP) is 4.03. The van der Waals surface area contributed by atoms with E-state index >= 15 is 0 Å². The molecule has 3 amide bonds. The number of halogens is 1. The van der Waals surface area contributed by atoms with E-state index in [1.54, 1.807) is 24.3 Å². The average Bonchev–Trinajstić information content (AvgIpc) is 3.73. The minimum absolute atomic E-state index is 0.0721. The zero-order valence-electron chi connectivity index (χ0n) is 21.3. The number of H-pyrrole nitrogens is 1. The number of ether oxygens (including phenoxy) is 2. The largest absolute Gasteiger partial charge is 0.454 e. The molecule has 9 nitrogen and oxygen atoms in total. The fraction of sp³-hybridized carbons (Fsp3) is 0.233. The van der Waals surface area contributed by atoms with Crippen LogP contribution in [0.2, 0.25) is 5.02 Å². The van der Waals surface area contributed by atoms with E-state index in [1.807, 2.05) is 43.5 Å². The number of carbonyl (C=O) groups is 3. The Labute approximate surface area is 233 Å². The zero-order valence-corrected chi connectivity index (χ0v) is 22.0. The Hall–Kier alpha value is -4.34. The smallest absolute Gasteiger partial charge is 0.250 e. The minimum Gasteiger partial charge on any atom is -0.454 e. The Morgan fingerprint density at radius 2 is 1.85 bits per heavy atom. The Balaban J connectivity index is 1.29. The molecular formula is C30H23ClN4O5. The van der Waals surface area contributed by atoms with Crippen molar-refractivity contribution in [3.8, 4) is 11.5 Å². The Bertz CT molecular complexity index is 1800. The van der Waals surface area contributed by atoms with Gasteiger partial charge in [-0.3, -0.25) is 19.7 Å². The van der Waals surface area contributed by atoms with Crippen molar-refractivity contribution in [2.75, 3.05) is 17.0 Å². The number of hydrogen-bond donors (Lipinski definition) is 3. The first-order valence-corrected chi connectivity index (χ1v) is 13.5. The topological polar surface area (TPSA) is 113 Å². The van der Waals surface area contributed by atoms with Crippen molar-refractivity contribution in [1.82, 2.24) is 10.3 Å². The number of fused-ring (bicyclic) bond motifs is 6. The van der Waals surface area contributed by atoms with Gasteiger partial charge in [-0.1, -0.05) is 35.9 Å². The van der Waals surface area contributed by atoms with Crippen molar-refractivity contribution in [2.45, 2.75) is 24.9 Å². The number of anilines is 2. The highest BCUT2D eigenvalue weighted by Gasteiger charge is 2.70. The van der Waals surface area contributed by atoms with Gasteiger partial charge in [0.1, 0.15) is 5.54 Å². The molecular weight excluding hydrogens is 532 g/mol. The maximum atomic E-state index is 14.3. The molecule has 4 aliphatic heterocycles. The van der Waals surface area contributed by atoms with Gasteiger partial charge >= 0.3 is 0 Å². The van der Waals surface area contributed by atoms with Gasteiger partial charge in [0.05, 0.1) is 28.2 Å². The molecule has 4 aromatic rings. The summed E-state index contributed by atoms with van der Waals surface area (Å²) in [5, 5.41) is 7.84. The van der Waals surface area contributed by atoms with Crippen LogP contribution in [0.1, 0.15) is 16.7 Å². The first-order chi connectivity index (χ1) is 19.4. The normalized spacial score (nSPS) is 26.2. The van der Waals surface area contributed by atoms with Gasteiger partial charge in [0, 0.05) is 34.8 Å². The molecule has 0 radical (unpaired) electrons. The lowest BCUT2D eigenvalue weighted by Crippen LogP contribution is -2.53. The second kappa shape index (κ2) is 8.09. The zero-order chi connectivity index (χ0) is 27.3. The molecule has 5 heterocycles. The quantitative estimate of drug-likeness (QED) is 0.330. The van der Waals surface area contributed by atoms with Crippen LogP contribution in [0.5, 0.6) is 11.5 Å². The maximum Gasteiger partial charge on any atom is 0.250 e. The molecule has 4 aliphatic rings. The summed E-state index contributed by atoms with van der Waals surface area (Å²) in [7, 11) is 0. The van der Waals surface area contributed by atoms with E-state index in [-0.39, 0.29) is 18.6 Å². The van der Waals surface area contributed by atoms with Crippen molar-refractivity contribution in [1.29, 1.82) is 0 Å². The van der Waals surface area contributed by atoms with Crippen LogP contribution in [0, 0.1) is 18.8 Å².